The van der Waals surface area contributed by atoms with Gasteiger partial charge in [0.2, 0.25) is 0 Å². The van der Waals surface area contributed by atoms with E-state index < -0.39 is 0 Å². The molecule has 2 nitrogen and oxygen atoms in total. The van der Waals surface area contributed by atoms with E-state index in [-0.39, 0.29) is 5.78 Å². The third-order valence-corrected chi connectivity index (χ3v) is 3.79. The van der Waals surface area contributed by atoms with Crippen molar-refractivity contribution in [1.82, 2.24) is 4.90 Å². The van der Waals surface area contributed by atoms with Gasteiger partial charge in [-0.05, 0) is 49.9 Å². The van der Waals surface area contributed by atoms with Crippen LogP contribution in [0.5, 0.6) is 0 Å². The number of carbonyl (C=O) groups excluding carboxylic acids is 1. The lowest BCUT2D eigenvalue weighted by Crippen LogP contribution is -2.33. The zero-order chi connectivity index (χ0) is 15.8. The summed E-state index contributed by atoms with van der Waals surface area (Å²) >= 11 is 5.97. The van der Waals surface area contributed by atoms with Crippen molar-refractivity contribution in [3.63, 3.8) is 0 Å². The molecule has 0 fully saturated rings. The smallest absolute Gasteiger partial charge is 0.176 e. The summed E-state index contributed by atoms with van der Waals surface area (Å²) in [5.41, 5.74) is 0.710. The lowest BCUT2D eigenvalue weighted by atomic mass is 10.1. The maximum atomic E-state index is 12.4. The fourth-order valence-corrected chi connectivity index (χ4v) is 2.30. The van der Waals surface area contributed by atoms with Crippen LogP contribution in [0.2, 0.25) is 5.02 Å². The minimum Gasteiger partial charge on any atom is -0.296 e. The Kier molecular flexibility index (Phi) is 7.98. The van der Waals surface area contributed by atoms with Gasteiger partial charge in [-0.25, -0.2) is 0 Å². The molecule has 0 atom stereocenters. The maximum Gasteiger partial charge on any atom is 0.176 e. The summed E-state index contributed by atoms with van der Waals surface area (Å²) < 4.78 is 0. The van der Waals surface area contributed by atoms with E-state index >= 15 is 0 Å². The molecule has 0 radical (unpaired) electrons. The number of benzene rings is 1. The summed E-state index contributed by atoms with van der Waals surface area (Å²) in [5.74, 6) is 1.48. The second kappa shape index (κ2) is 9.22. The zero-order valence-corrected chi connectivity index (χ0v) is 14.5. The van der Waals surface area contributed by atoms with Gasteiger partial charge in [-0.15, -0.1) is 0 Å². The quantitative estimate of drug-likeness (QED) is 0.604. The second-order valence-corrected chi connectivity index (χ2v) is 7.01. The van der Waals surface area contributed by atoms with Crippen LogP contribution in [-0.4, -0.2) is 30.3 Å². The van der Waals surface area contributed by atoms with Crippen molar-refractivity contribution in [3.05, 3.63) is 34.9 Å². The molecular weight excluding hydrogens is 282 g/mol. The first kappa shape index (κ1) is 18.2. The fourth-order valence-electron chi connectivity index (χ4n) is 2.11. The molecule has 1 aromatic rings. The molecule has 0 saturated heterocycles. The Hall–Kier alpha value is -0.860. The highest BCUT2D eigenvalue weighted by atomic mass is 35.5. The normalized spacial score (nSPS) is 11.6. The van der Waals surface area contributed by atoms with E-state index in [0.29, 0.717) is 29.0 Å². The Morgan fingerprint density at radius 1 is 1.10 bits per heavy atom. The van der Waals surface area contributed by atoms with E-state index in [9.17, 15) is 4.79 Å². The number of hydrogen-bond donors (Lipinski definition) is 0. The summed E-state index contributed by atoms with van der Waals surface area (Å²) in [4.78, 5) is 14.7. The highest BCUT2D eigenvalue weighted by Gasteiger charge is 2.14. The van der Waals surface area contributed by atoms with Crippen molar-refractivity contribution in [2.24, 2.45) is 11.8 Å². The van der Waals surface area contributed by atoms with Crippen LogP contribution in [0.3, 0.4) is 0 Å². The van der Waals surface area contributed by atoms with Gasteiger partial charge in [0, 0.05) is 10.6 Å². The van der Waals surface area contributed by atoms with E-state index in [1.807, 2.05) is 12.1 Å². The summed E-state index contributed by atoms with van der Waals surface area (Å²) in [6.07, 6.45) is 2.25. The SMILES string of the molecule is CC(C)CCN(CCC(C)C)CC(=O)c1cccc(Cl)c1. The largest absolute Gasteiger partial charge is 0.296 e. The fraction of sp³-hybridized carbons (Fsp3) is 0.611. The molecule has 0 aliphatic heterocycles. The first-order valence-electron chi connectivity index (χ1n) is 7.89. The topological polar surface area (TPSA) is 20.3 Å². The van der Waals surface area contributed by atoms with Crippen LogP contribution in [0.15, 0.2) is 24.3 Å². The molecule has 1 rings (SSSR count). The Labute approximate surface area is 134 Å². The molecule has 0 aliphatic rings. The monoisotopic (exact) mass is 309 g/mol. The minimum absolute atomic E-state index is 0.157. The third kappa shape index (κ3) is 7.63. The molecule has 118 valence electrons. The van der Waals surface area contributed by atoms with Gasteiger partial charge in [0.1, 0.15) is 0 Å². The Balaban J connectivity index is 2.63. The molecule has 0 heterocycles. The predicted octanol–water partition coefficient (Wildman–Crippen LogP) is 4.92. The van der Waals surface area contributed by atoms with Gasteiger partial charge in [0.25, 0.3) is 0 Å². The molecule has 0 aromatic heterocycles. The molecule has 0 spiro atoms. The molecule has 21 heavy (non-hydrogen) atoms. The average Bonchev–Trinajstić information content (AvgIpc) is 2.41. The van der Waals surface area contributed by atoms with E-state index in [2.05, 4.69) is 32.6 Å². The number of Topliss-reactive ketones (excluding diaryl/α,β-unsaturated/α-hetero) is 1. The summed E-state index contributed by atoms with van der Waals surface area (Å²) in [5, 5.41) is 0.622. The van der Waals surface area contributed by atoms with Crippen molar-refractivity contribution < 1.29 is 4.79 Å². The van der Waals surface area contributed by atoms with Gasteiger partial charge in [-0.2, -0.15) is 0 Å². The highest BCUT2D eigenvalue weighted by molar-refractivity contribution is 6.31. The Morgan fingerprint density at radius 2 is 1.67 bits per heavy atom. The third-order valence-electron chi connectivity index (χ3n) is 3.56. The molecule has 1 aromatic carbocycles. The minimum atomic E-state index is 0.157. The van der Waals surface area contributed by atoms with E-state index in [4.69, 9.17) is 11.6 Å². The molecule has 0 aliphatic carbocycles. The van der Waals surface area contributed by atoms with Crippen molar-refractivity contribution >= 4 is 17.4 Å². The Bertz CT molecular complexity index is 431. The lowest BCUT2D eigenvalue weighted by Gasteiger charge is -2.23. The van der Waals surface area contributed by atoms with E-state index in [1.54, 1.807) is 12.1 Å². The number of rotatable bonds is 9. The molecule has 3 heteroatoms. The first-order chi connectivity index (χ1) is 9.88. The second-order valence-electron chi connectivity index (χ2n) is 6.57. The zero-order valence-electron chi connectivity index (χ0n) is 13.7. The van der Waals surface area contributed by atoms with Crippen LogP contribution < -0.4 is 0 Å². The molecule has 0 bridgehead atoms. The number of nitrogens with zero attached hydrogens (tertiary/aromatic N) is 1. The van der Waals surface area contributed by atoms with Gasteiger partial charge in [-0.1, -0.05) is 51.4 Å². The van der Waals surface area contributed by atoms with Crippen LogP contribution >= 0.6 is 11.6 Å². The maximum absolute atomic E-state index is 12.4. The molecule has 0 saturated carbocycles. The van der Waals surface area contributed by atoms with Gasteiger partial charge in [-0.3, -0.25) is 9.69 Å². The van der Waals surface area contributed by atoms with Crippen molar-refractivity contribution in [2.75, 3.05) is 19.6 Å². The molecular formula is C18H28ClNO. The van der Waals surface area contributed by atoms with Crippen molar-refractivity contribution in [1.29, 1.82) is 0 Å². The number of halogens is 1. The number of ketones is 1. The predicted molar refractivity (Wildman–Crippen MR) is 91.1 cm³/mol. The van der Waals surface area contributed by atoms with E-state index in [0.717, 1.165) is 25.9 Å². The van der Waals surface area contributed by atoms with Crippen LogP contribution in [0.25, 0.3) is 0 Å². The van der Waals surface area contributed by atoms with Gasteiger partial charge >= 0.3 is 0 Å². The standard InChI is InChI=1S/C18H28ClNO/c1-14(2)8-10-20(11-9-15(3)4)13-18(21)16-6-5-7-17(19)12-16/h5-7,12,14-15H,8-11,13H2,1-4H3. The molecule has 0 amide bonds. The summed E-state index contributed by atoms with van der Waals surface area (Å²) in [6, 6.07) is 7.24. The van der Waals surface area contributed by atoms with Crippen molar-refractivity contribution in [2.45, 2.75) is 40.5 Å². The van der Waals surface area contributed by atoms with Gasteiger partial charge in [0.05, 0.1) is 6.54 Å². The molecule has 0 N–H and O–H groups in total. The average molecular weight is 310 g/mol. The van der Waals surface area contributed by atoms with Crippen molar-refractivity contribution in [3.8, 4) is 0 Å². The number of carbonyl (C=O) groups is 1. The van der Waals surface area contributed by atoms with Crippen LogP contribution in [0.1, 0.15) is 50.9 Å². The first-order valence-corrected chi connectivity index (χ1v) is 8.27. The van der Waals surface area contributed by atoms with Crippen LogP contribution in [0, 0.1) is 11.8 Å². The van der Waals surface area contributed by atoms with Crippen LogP contribution in [0.4, 0.5) is 0 Å². The van der Waals surface area contributed by atoms with Crippen LogP contribution in [-0.2, 0) is 0 Å². The van der Waals surface area contributed by atoms with Gasteiger partial charge < -0.3 is 0 Å². The number of hydrogen-bond acceptors (Lipinski definition) is 2. The summed E-state index contributed by atoms with van der Waals surface area (Å²) in [7, 11) is 0. The highest BCUT2D eigenvalue weighted by Crippen LogP contribution is 2.13. The van der Waals surface area contributed by atoms with E-state index in [1.165, 1.54) is 0 Å². The summed E-state index contributed by atoms with van der Waals surface area (Å²) in [6.45, 7) is 11.3. The lowest BCUT2D eigenvalue weighted by molar-refractivity contribution is 0.0923. The Morgan fingerprint density at radius 3 is 2.14 bits per heavy atom. The molecule has 0 unspecified atom stereocenters. The van der Waals surface area contributed by atoms with Gasteiger partial charge in [0.15, 0.2) is 5.78 Å².